The number of hydrogen-bond acceptors (Lipinski definition) is 5. The summed E-state index contributed by atoms with van der Waals surface area (Å²) in [4.78, 5) is 40.7. The van der Waals surface area contributed by atoms with E-state index in [0.29, 0.717) is 22.7 Å². The Morgan fingerprint density at radius 1 is 1.29 bits per heavy atom. The molecule has 0 aliphatic carbocycles. The SMILES string of the molecule is COc1ccc(C(=O)O)cc1NC(=O)C1CC(=O)Nc2nc3ccccc3n21. The van der Waals surface area contributed by atoms with Crippen molar-refractivity contribution in [2.75, 3.05) is 17.7 Å². The highest BCUT2D eigenvalue weighted by Gasteiger charge is 2.33. The maximum atomic E-state index is 13.0. The fourth-order valence-electron chi connectivity index (χ4n) is 3.26. The van der Waals surface area contributed by atoms with Gasteiger partial charge >= 0.3 is 5.97 Å². The van der Waals surface area contributed by atoms with E-state index in [2.05, 4.69) is 15.6 Å². The highest BCUT2D eigenvalue weighted by Crippen LogP contribution is 2.32. The number of carbonyl (C=O) groups excluding carboxylic acids is 2. The number of benzene rings is 2. The van der Waals surface area contributed by atoms with Gasteiger partial charge in [-0.1, -0.05) is 12.1 Å². The van der Waals surface area contributed by atoms with Gasteiger partial charge in [-0.05, 0) is 30.3 Å². The normalized spacial score (nSPS) is 15.6. The third kappa shape index (κ3) is 2.92. The summed E-state index contributed by atoms with van der Waals surface area (Å²) in [6.07, 6.45) is -0.0693. The van der Waals surface area contributed by atoms with E-state index in [4.69, 9.17) is 4.74 Å². The molecule has 2 amide bonds. The number of carbonyl (C=O) groups is 3. The van der Waals surface area contributed by atoms with Crippen LogP contribution in [0, 0.1) is 0 Å². The largest absolute Gasteiger partial charge is 0.495 e. The number of nitrogens with zero attached hydrogens (tertiary/aromatic N) is 2. The molecule has 0 saturated carbocycles. The van der Waals surface area contributed by atoms with Crippen LogP contribution in [-0.2, 0) is 9.59 Å². The zero-order valence-corrected chi connectivity index (χ0v) is 14.8. The second kappa shape index (κ2) is 6.69. The van der Waals surface area contributed by atoms with E-state index in [-0.39, 0.29) is 23.6 Å². The Labute approximate surface area is 158 Å². The van der Waals surface area contributed by atoms with Gasteiger partial charge in [0, 0.05) is 0 Å². The molecule has 28 heavy (non-hydrogen) atoms. The number of para-hydroxylation sites is 2. The van der Waals surface area contributed by atoms with Gasteiger partial charge in [-0.15, -0.1) is 0 Å². The topological polar surface area (TPSA) is 123 Å². The minimum absolute atomic E-state index is 0.00579. The number of methoxy groups -OCH3 is 1. The lowest BCUT2D eigenvalue weighted by Gasteiger charge is -2.25. The lowest BCUT2D eigenvalue weighted by Crippen LogP contribution is -2.35. The first kappa shape index (κ1) is 17.5. The molecule has 9 nitrogen and oxygen atoms in total. The number of amides is 2. The van der Waals surface area contributed by atoms with Crippen molar-refractivity contribution in [2.45, 2.75) is 12.5 Å². The summed E-state index contributed by atoms with van der Waals surface area (Å²) in [6.45, 7) is 0. The van der Waals surface area contributed by atoms with Crippen LogP contribution in [-0.4, -0.2) is 39.6 Å². The fourth-order valence-corrected chi connectivity index (χ4v) is 3.26. The van der Waals surface area contributed by atoms with E-state index in [1.54, 1.807) is 10.6 Å². The number of hydrogen-bond donors (Lipinski definition) is 3. The number of aromatic carboxylic acids is 1. The summed E-state index contributed by atoms with van der Waals surface area (Å²) >= 11 is 0. The van der Waals surface area contributed by atoms with Gasteiger partial charge in [-0.3, -0.25) is 19.5 Å². The number of ether oxygens (including phenoxy) is 1. The summed E-state index contributed by atoms with van der Waals surface area (Å²) in [6, 6.07) is 10.6. The van der Waals surface area contributed by atoms with Gasteiger partial charge in [-0.2, -0.15) is 0 Å². The molecule has 4 rings (SSSR count). The molecule has 1 aromatic heterocycles. The minimum Gasteiger partial charge on any atom is -0.495 e. The van der Waals surface area contributed by atoms with Crippen molar-refractivity contribution in [1.82, 2.24) is 9.55 Å². The predicted octanol–water partition coefficient (Wildman–Crippen LogP) is 2.27. The molecule has 2 heterocycles. The van der Waals surface area contributed by atoms with Crippen LogP contribution >= 0.6 is 0 Å². The average molecular weight is 380 g/mol. The van der Waals surface area contributed by atoms with Crippen molar-refractivity contribution in [3.05, 3.63) is 48.0 Å². The molecular weight excluding hydrogens is 364 g/mol. The van der Waals surface area contributed by atoms with Crippen LogP contribution in [0.15, 0.2) is 42.5 Å². The Balaban J connectivity index is 1.73. The van der Waals surface area contributed by atoms with E-state index in [0.717, 1.165) is 0 Å². The number of aromatic nitrogens is 2. The summed E-state index contributed by atoms with van der Waals surface area (Å²) in [7, 11) is 1.42. The summed E-state index contributed by atoms with van der Waals surface area (Å²) < 4.78 is 6.87. The quantitative estimate of drug-likeness (QED) is 0.638. The maximum absolute atomic E-state index is 13.0. The smallest absolute Gasteiger partial charge is 0.335 e. The van der Waals surface area contributed by atoms with Gasteiger partial charge in [0.2, 0.25) is 17.8 Å². The summed E-state index contributed by atoms with van der Waals surface area (Å²) in [5.74, 6) is -1.31. The van der Waals surface area contributed by atoms with E-state index >= 15 is 0 Å². The maximum Gasteiger partial charge on any atom is 0.335 e. The molecule has 142 valence electrons. The summed E-state index contributed by atoms with van der Waals surface area (Å²) in [5, 5.41) is 14.6. The molecular formula is C19H16N4O5. The number of imidazole rings is 1. The molecule has 1 unspecified atom stereocenters. The van der Waals surface area contributed by atoms with Gasteiger partial charge in [0.25, 0.3) is 0 Å². The number of nitrogens with one attached hydrogen (secondary N) is 2. The fraction of sp³-hybridized carbons (Fsp3) is 0.158. The van der Waals surface area contributed by atoms with E-state index < -0.39 is 17.9 Å². The molecule has 9 heteroatoms. The van der Waals surface area contributed by atoms with Gasteiger partial charge in [-0.25, -0.2) is 9.78 Å². The van der Waals surface area contributed by atoms with Crippen LogP contribution in [0.2, 0.25) is 0 Å². The molecule has 2 aromatic carbocycles. The van der Waals surface area contributed by atoms with Gasteiger partial charge < -0.3 is 15.2 Å². The molecule has 0 radical (unpaired) electrons. The highest BCUT2D eigenvalue weighted by atomic mass is 16.5. The Bertz CT molecular complexity index is 1120. The zero-order chi connectivity index (χ0) is 19.8. The lowest BCUT2D eigenvalue weighted by molar-refractivity contribution is -0.124. The second-order valence-electron chi connectivity index (χ2n) is 6.27. The number of fused-ring (bicyclic) bond motifs is 3. The second-order valence-corrected chi connectivity index (χ2v) is 6.27. The van der Waals surface area contributed by atoms with Crippen molar-refractivity contribution < 1.29 is 24.2 Å². The van der Waals surface area contributed by atoms with Crippen molar-refractivity contribution in [2.24, 2.45) is 0 Å². The third-order valence-corrected chi connectivity index (χ3v) is 4.54. The third-order valence-electron chi connectivity index (χ3n) is 4.54. The molecule has 1 aliphatic heterocycles. The number of carboxylic acid groups (broad SMARTS) is 1. The van der Waals surface area contributed by atoms with Crippen LogP contribution in [0.25, 0.3) is 11.0 Å². The van der Waals surface area contributed by atoms with Crippen LogP contribution in [0.5, 0.6) is 5.75 Å². The molecule has 0 saturated heterocycles. The van der Waals surface area contributed by atoms with Crippen molar-refractivity contribution in [3.63, 3.8) is 0 Å². The first-order valence-corrected chi connectivity index (χ1v) is 8.47. The van der Waals surface area contributed by atoms with Gasteiger partial charge in [0.05, 0.1) is 35.8 Å². The Morgan fingerprint density at radius 2 is 2.07 bits per heavy atom. The molecule has 0 fully saturated rings. The van der Waals surface area contributed by atoms with Crippen LogP contribution < -0.4 is 15.4 Å². The molecule has 1 atom stereocenters. The standard InChI is InChI=1S/C19H16N4O5/c1-28-15-7-6-10(18(26)27)8-12(15)20-17(25)14-9-16(24)22-19-21-11-4-2-3-5-13(11)23(14)19/h2-8,14H,9H2,1H3,(H,20,25)(H,26,27)(H,21,22,24). The van der Waals surface area contributed by atoms with Crippen LogP contribution in [0.4, 0.5) is 11.6 Å². The minimum atomic E-state index is -1.13. The van der Waals surface area contributed by atoms with E-state index in [1.807, 2.05) is 18.2 Å². The molecule has 1 aliphatic rings. The lowest BCUT2D eigenvalue weighted by atomic mass is 10.1. The van der Waals surface area contributed by atoms with Crippen molar-refractivity contribution >= 4 is 40.5 Å². The van der Waals surface area contributed by atoms with Crippen molar-refractivity contribution in [1.29, 1.82) is 0 Å². The Hall–Kier alpha value is -3.88. The first-order chi connectivity index (χ1) is 13.5. The Morgan fingerprint density at radius 3 is 2.82 bits per heavy atom. The predicted molar refractivity (Wildman–Crippen MR) is 101 cm³/mol. The number of rotatable bonds is 4. The molecule has 0 bridgehead atoms. The number of anilines is 2. The average Bonchev–Trinajstić information content (AvgIpc) is 3.05. The van der Waals surface area contributed by atoms with E-state index in [1.165, 1.54) is 25.3 Å². The van der Waals surface area contributed by atoms with E-state index in [9.17, 15) is 19.5 Å². The monoisotopic (exact) mass is 380 g/mol. The molecule has 3 aromatic rings. The van der Waals surface area contributed by atoms with Gasteiger partial charge in [0.1, 0.15) is 11.8 Å². The van der Waals surface area contributed by atoms with Crippen LogP contribution in [0.3, 0.4) is 0 Å². The molecule has 3 N–H and O–H groups in total. The first-order valence-electron chi connectivity index (χ1n) is 8.47. The van der Waals surface area contributed by atoms with Crippen LogP contribution in [0.1, 0.15) is 22.8 Å². The highest BCUT2D eigenvalue weighted by molar-refractivity contribution is 6.04. The Kier molecular flexibility index (Phi) is 4.19. The van der Waals surface area contributed by atoms with Gasteiger partial charge in [0.15, 0.2) is 0 Å². The number of carboxylic acids is 1. The summed E-state index contributed by atoms with van der Waals surface area (Å²) in [5.41, 5.74) is 1.59. The zero-order valence-electron chi connectivity index (χ0n) is 14.8. The molecule has 0 spiro atoms. The van der Waals surface area contributed by atoms with Crippen molar-refractivity contribution in [3.8, 4) is 5.75 Å².